The fraction of sp³-hybridized carbons (Fsp3) is 0.435. The van der Waals surface area contributed by atoms with Gasteiger partial charge in [0.2, 0.25) is 0 Å². The van der Waals surface area contributed by atoms with E-state index >= 15 is 0 Å². The Hall–Kier alpha value is -2.73. The van der Waals surface area contributed by atoms with Gasteiger partial charge in [0.15, 0.2) is 5.65 Å². The highest BCUT2D eigenvalue weighted by Crippen LogP contribution is 2.40. The molecule has 1 saturated carbocycles. The van der Waals surface area contributed by atoms with Crippen LogP contribution in [0.5, 0.6) is 0 Å². The highest BCUT2D eigenvalue weighted by atomic mass is 16.1. The minimum atomic E-state index is -0.0605. The molecule has 2 heterocycles. The molecule has 152 valence electrons. The monoisotopic (exact) mass is 392 g/mol. The number of nitrogens with one attached hydrogen (secondary N) is 2. The van der Waals surface area contributed by atoms with E-state index in [0.717, 1.165) is 41.7 Å². The van der Waals surface area contributed by atoms with Gasteiger partial charge in [0.25, 0.3) is 5.91 Å². The van der Waals surface area contributed by atoms with E-state index in [2.05, 4.69) is 56.6 Å². The van der Waals surface area contributed by atoms with Crippen LogP contribution in [0.1, 0.15) is 65.8 Å². The second kappa shape index (κ2) is 7.95. The van der Waals surface area contributed by atoms with Crippen molar-refractivity contribution in [2.45, 2.75) is 51.7 Å². The fourth-order valence-corrected chi connectivity index (χ4v) is 3.75. The van der Waals surface area contributed by atoms with Gasteiger partial charge in [0.1, 0.15) is 6.54 Å². The SMILES string of the molecule is CC(C)n1ncc2c(C(=O)NCc3ccccc3C[NH+](C)C)cc(C3CC3)nc21. The molecule has 0 unspecified atom stereocenters. The molecule has 1 fully saturated rings. The average molecular weight is 393 g/mol. The summed E-state index contributed by atoms with van der Waals surface area (Å²) in [7, 11) is 4.27. The molecule has 2 N–H and O–H groups in total. The smallest absolute Gasteiger partial charge is 0.252 e. The third-order valence-electron chi connectivity index (χ3n) is 5.42. The van der Waals surface area contributed by atoms with E-state index in [9.17, 15) is 4.79 Å². The van der Waals surface area contributed by atoms with Gasteiger partial charge < -0.3 is 10.2 Å². The molecular weight excluding hydrogens is 362 g/mol. The predicted molar refractivity (Wildman–Crippen MR) is 114 cm³/mol. The molecule has 1 amide bonds. The Bertz CT molecular complexity index is 1030. The Morgan fingerprint density at radius 1 is 1.24 bits per heavy atom. The second-order valence-corrected chi connectivity index (χ2v) is 8.62. The molecule has 1 aliphatic rings. The van der Waals surface area contributed by atoms with Gasteiger partial charge in [-0.1, -0.05) is 24.3 Å². The molecule has 4 rings (SSSR count). The van der Waals surface area contributed by atoms with Gasteiger partial charge in [-0.15, -0.1) is 0 Å². The van der Waals surface area contributed by atoms with Crippen LogP contribution in [0.15, 0.2) is 36.5 Å². The molecule has 2 aromatic heterocycles. The summed E-state index contributed by atoms with van der Waals surface area (Å²) in [5.41, 5.74) is 4.93. The lowest BCUT2D eigenvalue weighted by Crippen LogP contribution is -3.04. The number of benzene rings is 1. The van der Waals surface area contributed by atoms with Crippen molar-refractivity contribution in [2.24, 2.45) is 0 Å². The molecule has 0 spiro atoms. The average Bonchev–Trinajstić information content (AvgIpc) is 3.44. The van der Waals surface area contributed by atoms with Crippen LogP contribution in [0.4, 0.5) is 0 Å². The van der Waals surface area contributed by atoms with Gasteiger partial charge in [-0.25, -0.2) is 9.67 Å². The number of rotatable bonds is 7. The molecule has 6 heteroatoms. The number of pyridine rings is 1. The van der Waals surface area contributed by atoms with Gasteiger partial charge in [0, 0.05) is 29.8 Å². The summed E-state index contributed by atoms with van der Waals surface area (Å²) in [5.74, 6) is 0.417. The predicted octanol–water partition coefficient (Wildman–Crippen LogP) is 2.46. The first kappa shape index (κ1) is 19.6. The lowest BCUT2D eigenvalue weighted by atomic mass is 10.1. The van der Waals surface area contributed by atoms with Crippen LogP contribution >= 0.6 is 0 Å². The first-order valence-corrected chi connectivity index (χ1v) is 10.5. The van der Waals surface area contributed by atoms with Crippen molar-refractivity contribution in [3.05, 3.63) is 58.9 Å². The van der Waals surface area contributed by atoms with Crippen LogP contribution in [0.3, 0.4) is 0 Å². The fourth-order valence-electron chi connectivity index (χ4n) is 3.75. The minimum absolute atomic E-state index is 0.0605. The van der Waals surface area contributed by atoms with E-state index in [1.807, 2.05) is 16.8 Å². The van der Waals surface area contributed by atoms with Crippen molar-refractivity contribution in [3.63, 3.8) is 0 Å². The standard InChI is InChI=1S/C23H29N5O/c1-15(2)28-22-20(13-25-28)19(11-21(26-22)16-9-10-16)23(29)24-12-17-7-5-6-8-18(17)14-27(3)4/h5-8,11,13,15-16H,9-10,12,14H2,1-4H3,(H,24,29)/p+1. The molecule has 0 bridgehead atoms. The summed E-state index contributed by atoms with van der Waals surface area (Å²) < 4.78 is 1.91. The molecule has 0 aliphatic heterocycles. The van der Waals surface area contributed by atoms with Crippen LogP contribution in [0, 0.1) is 0 Å². The Balaban J connectivity index is 1.62. The normalized spacial score (nSPS) is 14.1. The summed E-state index contributed by atoms with van der Waals surface area (Å²) in [6.45, 7) is 5.62. The van der Waals surface area contributed by atoms with Gasteiger partial charge in [-0.05, 0) is 38.3 Å². The number of quaternary nitrogens is 1. The number of carbonyl (C=O) groups is 1. The molecular formula is C23H30N5O+. The maximum Gasteiger partial charge on any atom is 0.252 e. The summed E-state index contributed by atoms with van der Waals surface area (Å²) >= 11 is 0. The molecule has 6 nitrogen and oxygen atoms in total. The van der Waals surface area contributed by atoms with Crippen molar-refractivity contribution in [3.8, 4) is 0 Å². The number of nitrogens with zero attached hydrogens (tertiary/aromatic N) is 3. The van der Waals surface area contributed by atoms with E-state index in [-0.39, 0.29) is 11.9 Å². The molecule has 3 aromatic rings. The highest BCUT2D eigenvalue weighted by molar-refractivity contribution is 6.05. The van der Waals surface area contributed by atoms with Crippen LogP contribution in [-0.2, 0) is 13.1 Å². The first-order valence-electron chi connectivity index (χ1n) is 10.5. The lowest BCUT2D eigenvalue weighted by Gasteiger charge is -2.14. The summed E-state index contributed by atoms with van der Waals surface area (Å²) in [6.07, 6.45) is 4.07. The van der Waals surface area contributed by atoms with Crippen molar-refractivity contribution in [1.29, 1.82) is 0 Å². The third-order valence-corrected chi connectivity index (χ3v) is 5.42. The van der Waals surface area contributed by atoms with Crippen molar-refractivity contribution in [1.82, 2.24) is 20.1 Å². The maximum atomic E-state index is 13.2. The van der Waals surface area contributed by atoms with E-state index < -0.39 is 0 Å². The minimum Gasteiger partial charge on any atom is -0.348 e. The molecule has 1 aliphatic carbocycles. The maximum absolute atomic E-state index is 13.2. The van der Waals surface area contributed by atoms with Crippen molar-refractivity contribution in [2.75, 3.05) is 14.1 Å². The first-order chi connectivity index (χ1) is 13.9. The number of hydrogen-bond donors (Lipinski definition) is 2. The van der Waals surface area contributed by atoms with E-state index in [0.29, 0.717) is 18.0 Å². The Morgan fingerprint density at radius 2 is 1.97 bits per heavy atom. The van der Waals surface area contributed by atoms with Crippen LogP contribution in [0.2, 0.25) is 0 Å². The van der Waals surface area contributed by atoms with E-state index in [1.54, 1.807) is 6.20 Å². The zero-order valence-electron chi connectivity index (χ0n) is 17.7. The van der Waals surface area contributed by atoms with Gasteiger partial charge in [0.05, 0.1) is 31.2 Å². The number of hydrogen-bond acceptors (Lipinski definition) is 3. The number of fused-ring (bicyclic) bond motifs is 1. The third kappa shape index (κ3) is 4.17. The van der Waals surface area contributed by atoms with Crippen molar-refractivity contribution < 1.29 is 9.69 Å². The van der Waals surface area contributed by atoms with Crippen LogP contribution < -0.4 is 10.2 Å². The topological polar surface area (TPSA) is 64.2 Å². The van der Waals surface area contributed by atoms with Gasteiger partial charge in [-0.2, -0.15) is 5.10 Å². The molecule has 0 radical (unpaired) electrons. The largest absolute Gasteiger partial charge is 0.348 e. The number of carbonyl (C=O) groups excluding carboxylic acids is 1. The highest BCUT2D eigenvalue weighted by Gasteiger charge is 2.28. The lowest BCUT2D eigenvalue weighted by molar-refractivity contribution is -0.872. The Labute approximate surface area is 171 Å². The quantitative estimate of drug-likeness (QED) is 0.649. The van der Waals surface area contributed by atoms with Crippen LogP contribution in [0.25, 0.3) is 11.0 Å². The van der Waals surface area contributed by atoms with E-state index in [1.165, 1.54) is 10.5 Å². The summed E-state index contributed by atoms with van der Waals surface area (Å²) in [5, 5.41) is 8.45. The zero-order valence-corrected chi connectivity index (χ0v) is 17.7. The summed E-state index contributed by atoms with van der Waals surface area (Å²) in [4.78, 5) is 19.4. The molecule has 29 heavy (non-hydrogen) atoms. The summed E-state index contributed by atoms with van der Waals surface area (Å²) in [6, 6.07) is 10.5. The number of aromatic nitrogens is 3. The Morgan fingerprint density at radius 3 is 2.62 bits per heavy atom. The second-order valence-electron chi connectivity index (χ2n) is 8.62. The zero-order chi connectivity index (χ0) is 20.5. The van der Waals surface area contributed by atoms with Crippen LogP contribution in [-0.4, -0.2) is 34.8 Å². The molecule has 0 atom stereocenters. The van der Waals surface area contributed by atoms with Crippen molar-refractivity contribution >= 4 is 16.9 Å². The number of amides is 1. The van der Waals surface area contributed by atoms with Gasteiger partial charge in [-0.3, -0.25) is 4.79 Å². The molecule has 0 saturated heterocycles. The van der Waals surface area contributed by atoms with Gasteiger partial charge >= 0.3 is 0 Å². The van der Waals surface area contributed by atoms with E-state index in [4.69, 9.17) is 4.98 Å². The Kier molecular flexibility index (Phi) is 5.37. The molecule has 1 aromatic carbocycles.